The van der Waals surface area contributed by atoms with Crippen LogP contribution < -0.4 is 0 Å². The molecule has 0 aliphatic heterocycles. The summed E-state index contributed by atoms with van der Waals surface area (Å²) < 4.78 is 16.1. The fraction of sp³-hybridized carbons (Fsp3) is 0.0526. The van der Waals surface area contributed by atoms with E-state index < -0.39 is 11.4 Å². The Balaban J connectivity index is 2.32. The van der Waals surface area contributed by atoms with Gasteiger partial charge in [-0.3, -0.25) is 0 Å². The lowest BCUT2D eigenvalue weighted by molar-refractivity contribution is 0.121. The van der Waals surface area contributed by atoms with Crippen molar-refractivity contribution in [2.75, 3.05) is 0 Å². The van der Waals surface area contributed by atoms with Crippen molar-refractivity contribution in [3.8, 4) is 0 Å². The van der Waals surface area contributed by atoms with Crippen LogP contribution in [0.15, 0.2) is 81.7 Å². The molecule has 0 heterocycles. The first kappa shape index (κ1) is 16.4. The van der Waals surface area contributed by atoms with Crippen molar-refractivity contribution in [3.63, 3.8) is 0 Å². The van der Waals surface area contributed by atoms with Crippen LogP contribution in [0.5, 0.6) is 0 Å². The highest BCUT2D eigenvalue weighted by Crippen LogP contribution is 2.39. The number of hydrogen-bond donors (Lipinski definition) is 1. The molecule has 116 valence electrons. The van der Waals surface area contributed by atoms with Gasteiger partial charge in [-0.1, -0.05) is 74.3 Å². The number of aliphatic hydroxyl groups is 1. The van der Waals surface area contributed by atoms with Gasteiger partial charge in [0.1, 0.15) is 11.4 Å². The fourth-order valence-electron chi connectivity index (χ4n) is 2.66. The predicted molar refractivity (Wildman–Crippen MR) is 96.8 cm³/mol. The molecular formula is C19H13Br2FO. The van der Waals surface area contributed by atoms with Gasteiger partial charge in [0.05, 0.1) is 0 Å². The summed E-state index contributed by atoms with van der Waals surface area (Å²) in [7, 11) is 0. The van der Waals surface area contributed by atoms with E-state index in [9.17, 15) is 9.50 Å². The third-order valence-electron chi connectivity index (χ3n) is 3.75. The van der Waals surface area contributed by atoms with Crippen molar-refractivity contribution >= 4 is 31.9 Å². The third-order valence-corrected chi connectivity index (χ3v) is 4.73. The minimum Gasteiger partial charge on any atom is -0.376 e. The maximum absolute atomic E-state index is 14.5. The molecule has 0 amide bonds. The Kier molecular flexibility index (Phi) is 4.67. The molecule has 4 heteroatoms. The molecule has 0 fully saturated rings. The van der Waals surface area contributed by atoms with Crippen molar-refractivity contribution in [2.24, 2.45) is 0 Å². The number of halogens is 3. The molecule has 1 nitrogen and oxygen atoms in total. The number of benzene rings is 3. The zero-order valence-electron chi connectivity index (χ0n) is 12.0. The van der Waals surface area contributed by atoms with Gasteiger partial charge in [-0.05, 0) is 41.5 Å². The molecule has 3 aromatic rings. The molecule has 0 aliphatic rings. The Hall–Kier alpha value is -1.49. The molecule has 0 spiro atoms. The lowest BCUT2D eigenvalue weighted by atomic mass is 9.80. The maximum Gasteiger partial charge on any atom is 0.143 e. The summed E-state index contributed by atoms with van der Waals surface area (Å²) in [5.74, 6) is -0.449. The molecular weight excluding hydrogens is 423 g/mol. The van der Waals surface area contributed by atoms with Crippen LogP contribution in [0.2, 0.25) is 0 Å². The molecule has 0 unspecified atom stereocenters. The minimum atomic E-state index is -1.58. The van der Waals surface area contributed by atoms with Gasteiger partial charge in [-0.25, -0.2) is 4.39 Å². The maximum atomic E-state index is 14.5. The van der Waals surface area contributed by atoms with E-state index in [2.05, 4.69) is 31.9 Å². The quantitative estimate of drug-likeness (QED) is 0.528. The smallest absolute Gasteiger partial charge is 0.143 e. The lowest BCUT2D eigenvalue weighted by Crippen LogP contribution is -2.30. The molecule has 0 aromatic heterocycles. The molecule has 0 radical (unpaired) electrons. The van der Waals surface area contributed by atoms with Gasteiger partial charge in [0.25, 0.3) is 0 Å². The molecule has 0 bridgehead atoms. The summed E-state index contributed by atoms with van der Waals surface area (Å²) in [4.78, 5) is 0. The van der Waals surface area contributed by atoms with Gasteiger partial charge >= 0.3 is 0 Å². The highest BCUT2D eigenvalue weighted by molar-refractivity contribution is 9.10. The van der Waals surface area contributed by atoms with E-state index in [1.165, 1.54) is 6.07 Å². The van der Waals surface area contributed by atoms with Gasteiger partial charge in [0.2, 0.25) is 0 Å². The monoisotopic (exact) mass is 434 g/mol. The van der Waals surface area contributed by atoms with Gasteiger partial charge in [0, 0.05) is 14.5 Å². The Morgan fingerprint density at radius 2 is 1.26 bits per heavy atom. The van der Waals surface area contributed by atoms with Crippen molar-refractivity contribution in [1.82, 2.24) is 0 Å². The first-order chi connectivity index (χ1) is 11.0. The molecule has 0 saturated carbocycles. The molecule has 0 atom stereocenters. The van der Waals surface area contributed by atoms with Gasteiger partial charge in [-0.2, -0.15) is 0 Å². The van der Waals surface area contributed by atoms with Gasteiger partial charge in [-0.15, -0.1) is 0 Å². The van der Waals surface area contributed by atoms with E-state index in [-0.39, 0.29) is 5.56 Å². The summed E-state index contributed by atoms with van der Waals surface area (Å²) in [5, 5.41) is 11.6. The van der Waals surface area contributed by atoms with Crippen LogP contribution in [-0.4, -0.2) is 5.11 Å². The van der Waals surface area contributed by atoms with E-state index in [4.69, 9.17) is 0 Å². The molecule has 1 N–H and O–H groups in total. The summed E-state index contributed by atoms with van der Waals surface area (Å²) in [5.41, 5.74) is -0.180. The Labute approximate surface area is 151 Å². The normalized spacial score (nSPS) is 11.5. The van der Waals surface area contributed by atoms with Crippen LogP contribution in [0.4, 0.5) is 4.39 Å². The predicted octanol–water partition coefficient (Wildman–Crippen LogP) is 5.63. The minimum absolute atomic E-state index is 0.219. The SMILES string of the molecule is OC(c1cccc(Br)c1)(c1cccc(Br)c1)c1ccccc1F. The van der Waals surface area contributed by atoms with Crippen LogP contribution in [0.25, 0.3) is 0 Å². The number of rotatable bonds is 3. The number of hydrogen-bond acceptors (Lipinski definition) is 1. The van der Waals surface area contributed by atoms with Crippen LogP contribution in [0, 0.1) is 5.82 Å². The van der Waals surface area contributed by atoms with Gasteiger partial charge < -0.3 is 5.11 Å². The zero-order valence-corrected chi connectivity index (χ0v) is 15.2. The second-order valence-corrected chi connectivity index (χ2v) is 7.04. The Bertz CT molecular complexity index is 803. The molecule has 0 aliphatic carbocycles. The second kappa shape index (κ2) is 6.56. The van der Waals surface area contributed by atoms with Crippen molar-refractivity contribution in [3.05, 3.63) is 104 Å². The Morgan fingerprint density at radius 1 is 0.739 bits per heavy atom. The average Bonchev–Trinajstić information content (AvgIpc) is 2.54. The highest BCUT2D eigenvalue weighted by Gasteiger charge is 2.36. The molecule has 3 rings (SSSR count). The van der Waals surface area contributed by atoms with E-state index in [1.54, 1.807) is 42.5 Å². The first-order valence-corrected chi connectivity index (χ1v) is 8.60. The van der Waals surface area contributed by atoms with Crippen LogP contribution >= 0.6 is 31.9 Å². The Morgan fingerprint density at radius 3 is 1.74 bits per heavy atom. The standard InChI is InChI=1S/C19H13Br2FO/c20-15-7-3-5-13(11-15)19(23,14-6-4-8-16(21)12-14)17-9-1-2-10-18(17)22/h1-12,23H. The van der Waals surface area contributed by atoms with Crippen LogP contribution in [-0.2, 0) is 5.60 Å². The summed E-state index contributed by atoms with van der Waals surface area (Å²) in [6.07, 6.45) is 0. The van der Waals surface area contributed by atoms with Crippen molar-refractivity contribution < 1.29 is 9.50 Å². The topological polar surface area (TPSA) is 20.2 Å². The molecule has 0 saturated heterocycles. The van der Waals surface area contributed by atoms with E-state index in [0.717, 1.165) is 8.95 Å². The molecule has 23 heavy (non-hydrogen) atoms. The van der Waals surface area contributed by atoms with E-state index >= 15 is 0 Å². The van der Waals surface area contributed by atoms with Crippen molar-refractivity contribution in [1.29, 1.82) is 0 Å². The zero-order chi connectivity index (χ0) is 16.4. The second-order valence-electron chi connectivity index (χ2n) is 5.21. The highest BCUT2D eigenvalue weighted by atomic mass is 79.9. The molecule has 3 aromatic carbocycles. The summed E-state index contributed by atoms with van der Waals surface area (Å²) in [6.45, 7) is 0. The van der Waals surface area contributed by atoms with Gasteiger partial charge in [0.15, 0.2) is 0 Å². The largest absolute Gasteiger partial charge is 0.376 e. The lowest BCUT2D eigenvalue weighted by Gasteiger charge is -2.30. The van der Waals surface area contributed by atoms with E-state index in [0.29, 0.717) is 11.1 Å². The summed E-state index contributed by atoms with van der Waals surface area (Å²) >= 11 is 6.84. The van der Waals surface area contributed by atoms with Crippen LogP contribution in [0.3, 0.4) is 0 Å². The first-order valence-electron chi connectivity index (χ1n) is 7.01. The summed E-state index contributed by atoms with van der Waals surface area (Å²) in [6, 6.07) is 20.9. The van der Waals surface area contributed by atoms with Crippen molar-refractivity contribution in [2.45, 2.75) is 5.60 Å². The van der Waals surface area contributed by atoms with E-state index in [1.807, 2.05) is 24.3 Å². The third kappa shape index (κ3) is 3.11. The van der Waals surface area contributed by atoms with Crippen LogP contribution in [0.1, 0.15) is 16.7 Å². The average molecular weight is 436 g/mol. The fourth-order valence-corrected chi connectivity index (χ4v) is 3.46.